The van der Waals surface area contributed by atoms with Crippen molar-refractivity contribution in [1.29, 1.82) is 0 Å². The van der Waals surface area contributed by atoms with Gasteiger partial charge in [0.15, 0.2) is 0 Å². The van der Waals surface area contributed by atoms with Crippen molar-refractivity contribution in [2.24, 2.45) is 5.92 Å². The molecular formula is C11H21NO. The molecule has 2 aliphatic rings. The summed E-state index contributed by atoms with van der Waals surface area (Å²) < 4.78 is 0. The summed E-state index contributed by atoms with van der Waals surface area (Å²) in [5.41, 5.74) is 0. The summed E-state index contributed by atoms with van der Waals surface area (Å²) in [6.07, 6.45) is 8.85. The van der Waals surface area contributed by atoms with Gasteiger partial charge in [0.1, 0.15) is 0 Å². The molecule has 1 saturated carbocycles. The summed E-state index contributed by atoms with van der Waals surface area (Å²) >= 11 is 0. The number of nitrogens with one attached hydrogen (secondary N) is 1. The van der Waals surface area contributed by atoms with E-state index in [4.69, 9.17) is 0 Å². The molecule has 0 aromatic rings. The molecule has 2 N–H and O–H groups in total. The summed E-state index contributed by atoms with van der Waals surface area (Å²) in [6, 6.07) is 0.403. The van der Waals surface area contributed by atoms with Crippen molar-refractivity contribution in [3.05, 3.63) is 0 Å². The third kappa shape index (κ3) is 2.44. The molecule has 0 amide bonds. The Morgan fingerprint density at radius 2 is 1.92 bits per heavy atom. The molecule has 0 bridgehead atoms. The second kappa shape index (κ2) is 4.43. The normalized spacial score (nSPS) is 32.5. The summed E-state index contributed by atoms with van der Waals surface area (Å²) in [5, 5.41) is 13.3. The van der Waals surface area contributed by atoms with Gasteiger partial charge in [0.05, 0.1) is 6.10 Å². The van der Waals surface area contributed by atoms with E-state index in [1.165, 1.54) is 38.5 Å². The van der Waals surface area contributed by atoms with Gasteiger partial charge < -0.3 is 10.4 Å². The maximum absolute atomic E-state index is 9.95. The fourth-order valence-electron chi connectivity index (χ4n) is 2.79. The first kappa shape index (κ1) is 9.47. The van der Waals surface area contributed by atoms with Crippen molar-refractivity contribution in [2.75, 3.05) is 6.54 Å². The SMILES string of the molecule is OC(CC1CCCC1)[C@@H]1CCCN1. The van der Waals surface area contributed by atoms with Crippen LogP contribution in [0.25, 0.3) is 0 Å². The van der Waals surface area contributed by atoms with Crippen LogP contribution in [0.1, 0.15) is 44.9 Å². The Bertz CT molecular complexity index is 148. The number of hydrogen-bond donors (Lipinski definition) is 2. The monoisotopic (exact) mass is 183 g/mol. The zero-order valence-electron chi connectivity index (χ0n) is 8.34. The van der Waals surface area contributed by atoms with E-state index >= 15 is 0 Å². The highest BCUT2D eigenvalue weighted by atomic mass is 16.3. The zero-order valence-corrected chi connectivity index (χ0v) is 8.34. The minimum Gasteiger partial charge on any atom is -0.391 e. The number of aliphatic hydroxyl groups excluding tert-OH is 1. The molecule has 0 spiro atoms. The van der Waals surface area contributed by atoms with Crippen molar-refractivity contribution < 1.29 is 5.11 Å². The average molecular weight is 183 g/mol. The highest BCUT2D eigenvalue weighted by Crippen LogP contribution is 2.29. The van der Waals surface area contributed by atoms with Crippen molar-refractivity contribution in [2.45, 2.75) is 57.1 Å². The lowest BCUT2D eigenvalue weighted by Crippen LogP contribution is -2.35. The molecule has 2 rings (SSSR count). The molecule has 1 aliphatic carbocycles. The highest BCUT2D eigenvalue weighted by molar-refractivity contribution is 4.83. The molecule has 2 nitrogen and oxygen atoms in total. The molecule has 0 aromatic heterocycles. The Labute approximate surface area is 80.7 Å². The van der Waals surface area contributed by atoms with Crippen LogP contribution in [0, 0.1) is 5.92 Å². The van der Waals surface area contributed by atoms with Gasteiger partial charge in [0, 0.05) is 6.04 Å². The maximum atomic E-state index is 9.95. The van der Waals surface area contributed by atoms with Crippen molar-refractivity contribution in [3.63, 3.8) is 0 Å². The van der Waals surface area contributed by atoms with Gasteiger partial charge >= 0.3 is 0 Å². The fraction of sp³-hybridized carbons (Fsp3) is 1.00. The molecule has 13 heavy (non-hydrogen) atoms. The zero-order chi connectivity index (χ0) is 9.10. The van der Waals surface area contributed by atoms with Gasteiger partial charge in [-0.2, -0.15) is 0 Å². The minimum absolute atomic E-state index is 0.0781. The van der Waals surface area contributed by atoms with Gasteiger partial charge in [-0.05, 0) is 31.7 Å². The number of hydrogen-bond acceptors (Lipinski definition) is 2. The van der Waals surface area contributed by atoms with E-state index in [9.17, 15) is 5.11 Å². The van der Waals surface area contributed by atoms with Crippen LogP contribution in [0.3, 0.4) is 0 Å². The van der Waals surface area contributed by atoms with Gasteiger partial charge in [-0.3, -0.25) is 0 Å². The standard InChI is InChI=1S/C11H21NO/c13-11(10-6-3-7-12-10)8-9-4-1-2-5-9/h9-13H,1-8H2/t10-,11?/m0/s1. The van der Waals surface area contributed by atoms with Crippen molar-refractivity contribution >= 4 is 0 Å². The lowest BCUT2D eigenvalue weighted by Gasteiger charge is -2.21. The highest BCUT2D eigenvalue weighted by Gasteiger charge is 2.26. The molecule has 2 atom stereocenters. The van der Waals surface area contributed by atoms with E-state index in [1.807, 2.05) is 0 Å². The van der Waals surface area contributed by atoms with Crippen LogP contribution in [-0.2, 0) is 0 Å². The molecule has 1 heterocycles. The minimum atomic E-state index is -0.0781. The smallest absolute Gasteiger partial charge is 0.0695 e. The lowest BCUT2D eigenvalue weighted by molar-refractivity contribution is 0.108. The lowest BCUT2D eigenvalue weighted by atomic mass is 9.95. The molecule has 2 fully saturated rings. The summed E-state index contributed by atoms with van der Waals surface area (Å²) in [5.74, 6) is 0.817. The summed E-state index contributed by atoms with van der Waals surface area (Å²) in [4.78, 5) is 0. The predicted molar refractivity (Wildman–Crippen MR) is 53.6 cm³/mol. The largest absolute Gasteiger partial charge is 0.391 e. The number of rotatable bonds is 3. The first-order valence-electron chi connectivity index (χ1n) is 5.78. The van der Waals surface area contributed by atoms with E-state index < -0.39 is 0 Å². The molecule has 2 heteroatoms. The first-order valence-corrected chi connectivity index (χ1v) is 5.78. The molecule has 0 radical (unpaired) electrons. The third-order valence-corrected chi connectivity index (χ3v) is 3.61. The molecule has 1 saturated heterocycles. The third-order valence-electron chi connectivity index (χ3n) is 3.61. The Kier molecular flexibility index (Phi) is 3.23. The van der Waals surface area contributed by atoms with Crippen LogP contribution in [0.4, 0.5) is 0 Å². The van der Waals surface area contributed by atoms with Crippen molar-refractivity contribution in [3.8, 4) is 0 Å². The van der Waals surface area contributed by atoms with Crippen LogP contribution >= 0.6 is 0 Å². The van der Waals surface area contributed by atoms with Crippen LogP contribution in [0.2, 0.25) is 0 Å². The topological polar surface area (TPSA) is 32.3 Å². The Hall–Kier alpha value is -0.0800. The molecule has 0 aromatic carbocycles. The van der Waals surface area contributed by atoms with Gasteiger partial charge in [-0.25, -0.2) is 0 Å². The number of aliphatic hydroxyl groups is 1. The summed E-state index contributed by atoms with van der Waals surface area (Å²) in [7, 11) is 0. The first-order chi connectivity index (χ1) is 6.36. The van der Waals surface area contributed by atoms with Crippen LogP contribution in [0.5, 0.6) is 0 Å². The fourth-order valence-corrected chi connectivity index (χ4v) is 2.79. The molecule has 1 unspecified atom stereocenters. The van der Waals surface area contributed by atoms with E-state index in [0.717, 1.165) is 18.9 Å². The Morgan fingerprint density at radius 1 is 1.15 bits per heavy atom. The summed E-state index contributed by atoms with van der Waals surface area (Å²) in [6.45, 7) is 1.10. The Balaban J connectivity index is 1.73. The van der Waals surface area contributed by atoms with Crippen LogP contribution in [0.15, 0.2) is 0 Å². The van der Waals surface area contributed by atoms with E-state index in [0.29, 0.717) is 6.04 Å². The van der Waals surface area contributed by atoms with E-state index in [1.54, 1.807) is 0 Å². The van der Waals surface area contributed by atoms with E-state index in [2.05, 4.69) is 5.32 Å². The van der Waals surface area contributed by atoms with Crippen LogP contribution < -0.4 is 5.32 Å². The Morgan fingerprint density at radius 3 is 2.54 bits per heavy atom. The van der Waals surface area contributed by atoms with Gasteiger partial charge in [0.25, 0.3) is 0 Å². The van der Waals surface area contributed by atoms with Gasteiger partial charge in [-0.15, -0.1) is 0 Å². The average Bonchev–Trinajstić information content (AvgIpc) is 2.74. The predicted octanol–water partition coefficient (Wildman–Crippen LogP) is 1.68. The van der Waals surface area contributed by atoms with Crippen molar-refractivity contribution in [1.82, 2.24) is 5.32 Å². The molecule has 76 valence electrons. The second-order valence-electron chi connectivity index (χ2n) is 4.66. The molecule has 1 aliphatic heterocycles. The maximum Gasteiger partial charge on any atom is 0.0695 e. The molecular weight excluding hydrogens is 162 g/mol. The van der Waals surface area contributed by atoms with Crippen LogP contribution in [-0.4, -0.2) is 23.8 Å². The second-order valence-corrected chi connectivity index (χ2v) is 4.66. The van der Waals surface area contributed by atoms with E-state index in [-0.39, 0.29) is 6.10 Å². The van der Waals surface area contributed by atoms with Gasteiger partial charge in [0.2, 0.25) is 0 Å². The quantitative estimate of drug-likeness (QED) is 0.697. The van der Waals surface area contributed by atoms with Gasteiger partial charge in [-0.1, -0.05) is 25.7 Å².